The molecule has 0 aliphatic rings. The van der Waals surface area contributed by atoms with Gasteiger partial charge in [-0.25, -0.2) is 0 Å². The van der Waals surface area contributed by atoms with E-state index in [9.17, 15) is 5.11 Å². The van der Waals surface area contributed by atoms with Crippen molar-refractivity contribution in [3.63, 3.8) is 0 Å². The van der Waals surface area contributed by atoms with Gasteiger partial charge in [0.15, 0.2) is 0 Å². The summed E-state index contributed by atoms with van der Waals surface area (Å²) in [6.45, 7) is 2.02. The first kappa shape index (κ1) is 12.5. The fraction of sp³-hybridized carbons (Fsp3) is 0.200. The Hall–Kier alpha value is -2.00. The van der Waals surface area contributed by atoms with Gasteiger partial charge >= 0.3 is 0 Å². The van der Waals surface area contributed by atoms with E-state index < -0.39 is 6.10 Å². The van der Waals surface area contributed by atoms with E-state index in [2.05, 4.69) is 0 Å². The van der Waals surface area contributed by atoms with E-state index in [4.69, 9.17) is 10.5 Å². The Kier molecular flexibility index (Phi) is 3.53. The van der Waals surface area contributed by atoms with E-state index in [1.165, 1.54) is 5.56 Å². The quantitative estimate of drug-likeness (QED) is 0.815. The van der Waals surface area contributed by atoms with Crippen molar-refractivity contribution >= 4 is 5.69 Å². The van der Waals surface area contributed by atoms with Crippen molar-refractivity contribution in [3.8, 4) is 5.75 Å². The molecule has 3 N–H and O–H groups in total. The molecule has 0 saturated carbocycles. The van der Waals surface area contributed by atoms with Crippen LogP contribution in [0.4, 0.5) is 5.69 Å². The average Bonchev–Trinajstić information content (AvgIpc) is 2.38. The van der Waals surface area contributed by atoms with Gasteiger partial charge in [0, 0.05) is 0 Å². The highest BCUT2D eigenvalue weighted by Crippen LogP contribution is 2.28. The molecule has 2 aromatic rings. The molecule has 0 saturated heterocycles. The van der Waals surface area contributed by atoms with Crippen molar-refractivity contribution in [1.29, 1.82) is 0 Å². The van der Waals surface area contributed by atoms with Crippen molar-refractivity contribution in [3.05, 3.63) is 59.2 Å². The van der Waals surface area contributed by atoms with Gasteiger partial charge in [-0.3, -0.25) is 0 Å². The molecule has 0 unspecified atom stereocenters. The molecule has 18 heavy (non-hydrogen) atoms. The van der Waals surface area contributed by atoms with Crippen LogP contribution in [-0.4, -0.2) is 12.2 Å². The highest BCUT2D eigenvalue weighted by molar-refractivity contribution is 5.55. The van der Waals surface area contributed by atoms with Crippen molar-refractivity contribution < 1.29 is 9.84 Å². The lowest BCUT2D eigenvalue weighted by atomic mass is 10.00. The van der Waals surface area contributed by atoms with E-state index >= 15 is 0 Å². The number of rotatable bonds is 3. The standard InChI is InChI=1S/C15H17NO2/c1-10-3-5-11(6-4-10)15(17)12-7-8-14(18-2)13(16)9-12/h3-9,15,17H,16H2,1-2H3/t15-/m1/s1. The van der Waals surface area contributed by atoms with Gasteiger partial charge < -0.3 is 15.6 Å². The van der Waals surface area contributed by atoms with Crippen molar-refractivity contribution in [1.82, 2.24) is 0 Å². The molecule has 0 bridgehead atoms. The molecule has 1 atom stereocenters. The van der Waals surface area contributed by atoms with Gasteiger partial charge in [0.05, 0.1) is 12.8 Å². The minimum absolute atomic E-state index is 0.529. The topological polar surface area (TPSA) is 55.5 Å². The summed E-state index contributed by atoms with van der Waals surface area (Å²) in [5, 5.41) is 10.3. The zero-order valence-electron chi connectivity index (χ0n) is 10.6. The molecular formula is C15H17NO2. The molecule has 0 radical (unpaired) electrons. The second kappa shape index (κ2) is 5.10. The monoisotopic (exact) mass is 243 g/mol. The first-order valence-corrected chi connectivity index (χ1v) is 5.80. The Morgan fingerprint density at radius 2 is 1.67 bits per heavy atom. The third kappa shape index (κ3) is 2.46. The summed E-state index contributed by atoms with van der Waals surface area (Å²) in [5.41, 5.74) is 9.14. The van der Waals surface area contributed by atoms with E-state index in [1.54, 1.807) is 19.2 Å². The molecule has 0 fully saturated rings. The maximum atomic E-state index is 10.3. The van der Waals surface area contributed by atoms with Crippen LogP contribution < -0.4 is 10.5 Å². The fourth-order valence-corrected chi connectivity index (χ4v) is 1.86. The molecule has 2 aromatic carbocycles. The molecule has 0 aliphatic heterocycles. The van der Waals surface area contributed by atoms with Crippen LogP contribution in [0.2, 0.25) is 0 Å². The maximum Gasteiger partial charge on any atom is 0.141 e. The second-order valence-electron chi connectivity index (χ2n) is 4.31. The number of hydrogen-bond acceptors (Lipinski definition) is 3. The molecule has 3 nitrogen and oxygen atoms in total. The lowest BCUT2D eigenvalue weighted by molar-refractivity contribution is 0.220. The van der Waals surface area contributed by atoms with Crippen LogP contribution in [0.5, 0.6) is 5.75 Å². The number of aliphatic hydroxyl groups is 1. The number of nitrogens with two attached hydrogens (primary N) is 1. The Bertz CT molecular complexity index is 535. The molecule has 0 spiro atoms. The summed E-state index contributed by atoms with van der Waals surface area (Å²) in [6, 6.07) is 13.1. The Balaban J connectivity index is 2.31. The predicted octanol–water partition coefficient (Wildman–Crippen LogP) is 2.67. The van der Waals surface area contributed by atoms with Gasteiger partial charge in [0.1, 0.15) is 11.9 Å². The summed E-state index contributed by atoms with van der Waals surface area (Å²) in [4.78, 5) is 0. The fourth-order valence-electron chi connectivity index (χ4n) is 1.86. The minimum Gasteiger partial charge on any atom is -0.495 e. The van der Waals surface area contributed by atoms with Crippen LogP contribution in [0.3, 0.4) is 0 Å². The summed E-state index contributed by atoms with van der Waals surface area (Å²) in [7, 11) is 1.57. The highest BCUT2D eigenvalue weighted by atomic mass is 16.5. The summed E-state index contributed by atoms with van der Waals surface area (Å²) >= 11 is 0. The van der Waals surface area contributed by atoms with Crippen LogP contribution in [0.25, 0.3) is 0 Å². The van der Waals surface area contributed by atoms with Crippen LogP contribution >= 0.6 is 0 Å². The van der Waals surface area contributed by atoms with E-state index in [-0.39, 0.29) is 0 Å². The second-order valence-corrected chi connectivity index (χ2v) is 4.31. The van der Waals surface area contributed by atoms with Gasteiger partial charge in [0.25, 0.3) is 0 Å². The zero-order chi connectivity index (χ0) is 13.1. The molecule has 0 aliphatic carbocycles. The Labute approximate surface area is 107 Å². The first-order valence-electron chi connectivity index (χ1n) is 5.80. The van der Waals surface area contributed by atoms with Gasteiger partial charge in [0.2, 0.25) is 0 Å². The van der Waals surface area contributed by atoms with E-state index in [0.29, 0.717) is 11.4 Å². The van der Waals surface area contributed by atoms with Gasteiger partial charge in [-0.2, -0.15) is 0 Å². The summed E-state index contributed by atoms with van der Waals surface area (Å²) < 4.78 is 5.09. The number of benzene rings is 2. The number of anilines is 1. The molecule has 2 rings (SSSR count). The molecule has 94 valence electrons. The normalized spacial score (nSPS) is 12.2. The van der Waals surface area contributed by atoms with Gasteiger partial charge in [-0.1, -0.05) is 35.9 Å². The molecule has 0 aromatic heterocycles. The van der Waals surface area contributed by atoms with Crippen LogP contribution in [0.1, 0.15) is 22.8 Å². The van der Waals surface area contributed by atoms with Crippen molar-refractivity contribution in [2.45, 2.75) is 13.0 Å². The lowest BCUT2D eigenvalue weighted by Crippen LogP contribution is -2.01. The Morgan fingerprint density at radius 3 is 2.22 bits per heavy atom. The van der Waals surface area contributed by atoms with Crippen molar-refractivity contribution in [2.24, 2.45) is 0 Å². The number of aliphatic hydroxyl groups excluding tert-OH is 1. The smallest absolute Gasteiger partial charge is 0.141 e. The molecule has 3 heteroatoms. The minimum atomic E-state index is -0.668. The zero-order valence-corrected chi connectivity index (χ0v) is 10.6. The Morgan fingerprint density at radius 1 is 1.06 bits per heavy atom. The number of hydrogen-bond donors (Lipinski definition) is 2. The summed E-state index contributed by atoms with van der Waals surface area (Å²) in [6.07, 6.45) is -0.668. The van der Waals surface area contributed by atoms with Crippen LogP contribution in [0.15, 0.2) is 42.5 Å². The van der Waals surface area contributed by atoms with E-state index in [1.807, 2.05) is 37.3 Å². The van der Waals surface area contributed by atoms with Crippen molar-refractivity contribution in [2.75, 3.05) is 12.8 Å². The summed E-state index contributed by atoms with van der Waals surface area (Å²) in [5.74, 6) is 0.620. The predicted molar refractivity (Wildman–Crippen MR) is 72.6 cm³/mol. The maximum absolute atomic E-state index is 10.3. The number of aryl methyl sites for hydroxylation is 1. The molecule has 0 heterocycles. The van der Waals surface area contributed by atoms with Gasteiger partial charge in [-0.05, 0) is 30.2 Å². The average molecular weight is 243 g/mol. The van der Waals surface area contributed by atoms with Crippen LogP contribution in [0, 0.1) is 6.92 Å². The van der Waals surface area contributed by atoms with E-state index in [0.717, 1.165) is 11.1 Å². The number of methoxy groups -OCH3 is 1. The first-order chi connectivity index (χ1) is 8.61. The third-order valence-electron chi connectivity index (χ3n) is 2.96. The van der Waals surface area contributed by atoms with Gasteiger partial charge in [-0.15, -0.1) is 0 Å². The largest absolute Gasteiger partial charge is 0.495 e. The highest BCUT2D eigenvalue weighted by Gasteiger charge is 2.11. The number of nitrogen functional groups attached to an aromatic ring is 1. The molecule has 0 amide bonds. The number of ether oxygens (including phenoxy) is 1. The molecular weight excluding hydrogens is 226 g/mol. The third-order valence-corrected chi connectivity index (χ3v) is 2.96. The SMILES string of the molecule is COc1ccc([C@H](O)c2ccc(C)cc2)cc1N. The lowest BCUT2D eigenvalue weighted by Gasteiger charge is -2.13. The van der Waals surface area contributed by atoms with Crippen LogP contribution in [-0.2, 0) is 0 Å².